The van der Waals surface area contributed by atoms with Crippen molar-refractivity contribution in [2.75, 3.05) is 25.1 Å². The average molecular weight is 336 g/mol. The Morgan fingerprint density at radius 3 is 2.69 bits per heavy atom. The van der Waals surface area contributed by atoms with Gasteiger partial charge in [0.15, 0.2) is 0 Å². The first-order valence-electron chi connectivity index (χ1n) is 3.85. The Morgan fingerprint density at radius 1 is 1.69 bits per heavy atom. The van der Waals surface area contributed by atoms with E-state index < -0.39 is 10.0 Å². The maximum atomic E-state index is 11.0. The Kier molecular flexibility index (Phi) is 4.30. The average Bonchev–Trinajstić information content (AvgIpc) is 2.00. The van der Waals surface area contributed by atoms with Gasteiger partial charge in [-0.25, -0.2) is 13.6 Å². The van der Waals surface area contributed by atoms with E-state index >= 15 is 0 Å². The maximum absolute atomic E-state index is 11.0. The molecule has 0 amide bonds. The van der Waals surface area contributed by atoms with Crippen molar-refractivity contribution in [2.24, 2.45) is 5.14 Å². The molecule has 0 radical (unpaired) electrons. The number of hydrogen-bond donors (Lipinski definition) is 1. The fraction of sp³-hybridized carbons (Fsp3) is 1.00. The van der Waals surface area contributed by atoms with Crippen LogP contribution in [0.15, 0.2) is 0 Å². The number of rotatable bonds is 4. The van der Waals surface area contributed by atoms with Crippen molar-refractivity contribution in [1.82, 2.24) is 4.90 Å². The van der Waals surface area contributed by atoms with Gasteiger partial charge < -0.3 is 0 Å². The zero-order chi connectivity index (χ0) is 10.1. The highest BCUT2D eigenvalue weighted by atomic mass is 127. The van der Waals surface area contributed by atoms with Gasteiger partial charge >= 0.3 is 0 Å². The second kappa shape index (κ2) is 4.65. The lowest BCUT2D eigenvalue weighted by molar-refractivity contribution is 0.182. The van der Waals surface area contributed by atoms with E-state index in [-0.39, 0.29) is 9.30 Å². The van der Waals surface area contributed by atoms with E-state index in [4.69, 9.17) is 5.14 Å². The summed E-state index contributed by atoms with van der Waals surface area (Å²) in [6.45, 7) is 1.54. The molecule has 13 heavy (non-hydrogen) atoms. The van der Waals surface area contributed by atoms with Gasteiger partial charge in [0.2, 0.25) is 10.0 Å². The quantitative estimate of drug-likeness (QED) is 0.449. The lowest BCUT2D eigenvalue weighted by Gasteiger charge is -2.43. The number of likely N-dealkylation sites (tertiary alicyclic amines) is 1. The summed E-state index contributed by atoms with van der Waals surface area (Å²) in [7, 11) is -3.33. The smallest absolute Gasteiger partial charge is 0.215 e. The van der Waals surface area contributed by atoms with Crippen molar-refractivity contribution in [2.45, 2.75) is 9.30 Å². The Bertz CT molecular complexity index is 270. The van der Waals surface area contributed by atoms with Crippen molar-refractivity contribution in [3.8, 4) is 0 Å². The summed E-state index contributed by atoms with van der Waals surface area (Å²) in [6, 6.07) is 0. The molecular formula is C6H13IN2O2S2. The Balaban J connectivity index is 2.39. The molecule has 7 heteroatoms. The summed E-state index contributed by atoms with van der Waals surface area (Å²) in [4.78, 5) is 2.13. The number of nitrogens with two attached hydrogens (primary N) is 1. The number of thioether (sulfide) groups is 1. The minimum absolute atomic E-state index is 0.0553. The van der Waals surface area contributed by atoms with Crippen molar-refractivity contribution in [3.05, 3.63) is 0 Å². The van der Waals surface area contributed by atoms with Crippen LogP contribution in [0.2, 0.25) is 0 Å². The highest BCUT2D eigenvalue weighted by Gasteiger charge is 2.43. The van der Waals surface area contributed by atoms with Crippen molar-refractivity contribution < 1.29 is 8.42 Å². The van der Waals surface area contributed by atoms with Gasteiger partial charge in [-0.3, -0.25) is 4.90 Å². The predicted molar refractivity (Wildman–Crippen MR) is 64.7 cm³/mol. The largest absolute Gasteiger partial charge is 0.288 e. The molecule has 1 aliphatic rings. The molecule has 0 aromatic carbocycles. The van der Waals surface area contributed by atoms with E-state index in [1.165, 1.54) is 0 Å². The molecule has 78 valence electrons. The van der Waals surface area contributed by atoms with Crippen LogP contribution in [0.5, 0.6) is 0 Å². The van der Waals surface area contributed by atoms with E-state index in [2.05, 4.69) is 27.5 Å². The minimum Gasteiger partial charge on any atom is -0.288 e. The summed E-state index contributed by atoms with van der Waals surface area (Å²) in [5.41, 5.74) is 0. The second-order valence-electron chi connectivity index (χ2n) is 2.99. The molecule has 0 bridgehead atoms. The van der Waals surface area contributed by atoms with Crippen LogP contribution in [0.3, 0.4) is 0 Å². The van der Waals surface area contributed by atoms with Gasteiger partial charge in [0.25, 0.3) is 0 Å². The summed E-state index contributed by atoms with van der Waals surface area (Å²) in [5.74, 6) is 1.04. The van der Waals surface area contributed by atoms with Crippen LogP contribution in [0, 0.1) is 0 Å². The maximum Gasteiger partial charge on any atom is 0.215 e. The SMILES string of the molecule is CSCCN1CC(S(N)(=O)=O)C1I. The fourth-order valence-corrected chi connectivity index (χ4v) is 4.46. The highest BCUT2D eigenvalue weighted by molar-refractivity contribution is 14.1. The zero-order valence-electron chi connectivity index (χ0n) is 7.31. The number of primary sulfonamides is 1. The van der Waals surface area contributed by atoms with Gasteiger partial charge in [0.1, 0.15) is 5.25 Å². The molecule has 1 heterocycles. The second-order valence-corrected chi connectivity index (χ2v) is 7.03. The summed E-state index contributed by atoms with van der Waals surface area (Å²) in [5, 5.41) is 4.69. The van der Waals surface area contributed by atoms with Gasteiger partial charge in [-0.1, -0.05) is 22.6 Å². The molecular weight excluding hydrogens is 323 g/mol. The van der Waals surface area contributed by atoms with Crippen molar-refractivity contribution >= 4 is 44.4 Å². The first-order chi connectivity index (χ1) is 5.96. The number of alkyl halides is 1. The molecule has 0 spiro atoms. The molecule has 0 aromatic heterocycles. The van der Waals surface area contributed by atoms with Crippen LogP contribution in [0.4, 0.5) is 0 Å². The van der Waals surface area contributed by atoms with Crippen LogP contribution in [-0.4, -0.2) is 47.7 Å². The molecule has 4 nitrogen and oxygen atoms in total. The van der Waals surface area contributed by atoms with Gasteiger partial charge in [0.05, 0.1) is 4.05 Å². The fourth-order valence-electron chi connectivity index (χ4n) is 1.20. The number of hydrogen-bond acceptors (Lipinski definition) is 4. The lowest BCUT2D eigenvalue weighted by atomic mass is 10.2. The monoisotopic (exact) mass is 336 g/mol. The van der Waals surface area contributed by atoms with Crippen LogP contribution >= 0.6 is 34.4 Å². The molecule has 2 atom stereocenters. The van der Waals surface area contributed by atoms with Gasteiger partial charge in [-0.15, -0.1) is 0 Å². The first-order valence-corrected chi connectivity index (χ1v) is 8.10. The molecule has 1 saturated heterocycles. The third-order valence-corrected chi connectivity index (χ3v) is 6.06. The van der Waals surface area contributed by atoms with Gasteiger partial charge in [-0.05, 0) is 6.26 Å². The molecule has 0 aliphatic carbocycles. The van der Waals surface area contributed by atoms with Crippen LogP contribution in [-0.2, 0) is 10.0 Å². The van der Waals surface area contributed by atoms with E-state index in [1.54, 1.807) is 11.8 Å². The van der Waals surface area contributed by atoms with Gasteiger partial charge in [0, 0.05) is 18.8 Å². The highest BCUT2D eigenvalue weighted by Crippen LogP contribution is 2.28. The third kappa shape index (κ3) is 2.95. The van der Waals surface area contributed by atoms with Crippen LogP contribution < -0.4 is 5.14 Å². The summed E-state index contributed by atoms with van der Waals surface area (Å²) < 4.78 is 22.0. The predicted octanol–water partition coefficient (Wildman–Crippen LogP) is 0.0832. The van der Waals surface area contributed by atoms with E-state index in [0.29, 0.717) is 6.54 Å². The topological polar surface area (TPSA) is 63.4 Å². The van der Waals surface area contributed by atoms with E-state index in [0.717, 1.165) is 12.3 Å². The van der Waals surface area contributed by atoms with Crippen LogP contribution in [0.1, 0.15) is 0 Å². The van der Waals surface area contributed by atoms with Crippen molar-refractivity contribution in [1.29, 1.82) is 0 Å². The molecule has 1 aliphatic heterocycles. The first kappa shape index (κ1) is 12.0. The van der Waals surface area contributed by atoms with Crippen molar-refractivity contribution in [3.63, 3.8) is 0 Å². The van der Waals surface area contributed by atoms with E-state index in [1.807, 2.05) is 6.26 Å². The molecule has 1 rings (SSSR count). The zero-order valence-corrected chi connectivity index (χ0v) is 11.1. The normalized spacial score (nSPS) is 30.1. The number of sulfonamides is 1. The minimum atomic E-state index is -3.33. The van der Waals surface area contributed by atoms with Crippen LogP contribution in [0.25, 0.3) is 0 Å². The molecule has 0 aromatic rings. The molecule has 2 unspecified atom stereocenters. The molecule has 2 N–H and O–H groups in total. The lowest BCUT2D eigenvalue weighted by Crippen LogP contribution is -2.61. The number of halogens is 1. The molecule has 1 fully saturated rings. The molecule has 0 saturated carbocycles. The van der Waals surface area contributed by atoms with E-state index in [9.17, 15) is 8.42 Å². The standard InChI is InChI=1S/C6H13IN2O2S2/c1-12-3-2-9-4-5(6(9)7)13(8,10)11/h5-6H,2-4H2,1H3,(H2,8,10,11). The summed E-state index contributed by atoms with van der Waals surface area (Å²) >= 11 is 3.90. The Morgan fingerprint density at radius 2 is 2.31 bits per heavy atom. The Labute approximate surface area is 96.8 Å². The summed E-state index contributed by atoms with van der Waals surface area (Å²) in [6.07, 6.45) is 2.04. The Hall–Kier alpha value is 0.950. The third-order valence-electron chi connectivity index (χ3n) is 2.07. The number of nitrogens with zero attached hydrogens (tertiary/aromatic N) is 1. The van der Waals surface area contributed by atoms with Gasteiger partial charge in [-0.2, -0.15) is 11.8 Å².